The Morgan fingerprint density at radius 1 is 1.25 bits per heavy atom. The Hall–Kier alpha value is -2.25. The maximum atomic E-state index is 12.7. The van der Waals surface area contributed by atoms with Crippen LogP contribution in [-0.4, -0.2) is 51.7 Å². The average molecular weight is 423 g/mol. The molecule has 1 aliphatic rings. The molecule has 1 amide bonds. The van der Waals surface area contributed by atoms with Gasteiger partial charge in [0.1, 0.15) is 12.4 Å². The van der Waals surface area contributed by atoms with E-state index in [1.54, 1.807) is 54.4 Å². The standard InChI is InChI=1S/C20H23ClN2O4S/c1-14-12-16-13-15(4-9-19(16)23(14)28(3,25)26)20(24)22(2)10-11-27-18-7-5-17(21)6-8-18/h4-9,13-14H,10-12H2,1-3H3. The number of benzene rings is 2. The quantitative estimate of drug-likeness (QED) is 0.717. The predicted molar refractivity (Wildman–Crippen MR) is 111 cm³/mol. The highest BCUT2D eigenvalue weighted by atomic mass is 35.5. The van der Waals surface area contributed by atoms with E-state index in [2.05, 4.69) is 0 Å². The lowest BCUT2D eigenvalue weighted by molar-refractivity contribution is 0.0773. The zero-order chi connectivity index (χ0) is 20.5. The van der Waals surface area contributed by atoms with Gasteiger partial charge < -0.3 is 9.64 Å². The number of likely N-dealkylation sites (N-methyl/N-ethyl adjacent to an activating group) is 1. The summed E-state index contributed by atoms with van der Waals surface area (Å²) < 4.78 is 31.1. The highest BCUT2D eigenvalue weighted by Crippen LogP contribution is 2.34. The van der Waals surface area contributed by atoms with E-state index in [-0.39, 0.29) is 11.9 Å². The lowest BCUT2D eigenvalue weighted by Crippen LogP contribution is -2.34. The summed E-state index contributed by atoms with van der Waals surface area (Å²) in [5.41, 5.74) is 2.06. The number of anilines is 1. The van der Waals surface area contributed by atoms with Crippen molar-refractivity contribution in [2.75, 3.05) is 30.8 Å². The Labute approximate surface area is 170 Å². The van der Waals surface area contributed by atoms with Crippen LogP contribution in [0.4, 0.5) is 5.69 Å². The van der Waals surface area contributed by atoms with E-state index >= 15 is 0 Å². The van der Waals surface area contributed by atoms with E-state index in [4.69, 9.17) is 16.3 Å². The molecular formula is C20H23ClN2O4S. The van der Waals surface area contributed by atoms with E-state index in [0.29, 0.717) is 41.6 Å². The number of hydrogen-bond acceptors (Lipinski definition) is 4. The molecule has 2 aromatic rings. The van der Waals surface area contributed by atoms with Crippen LogP contribution in [0.1, 0.15) is 22.8 Å². The van der Waals surface area contributed by atoms with Crippen molar-refractivity contribution >= 4 is 33.2 Å². The molecule has 8 heteroatoms. The van der Waals surface area contributed by atoms with Crippen LogP contribution in [0.25, 0.3) is 0 Å². The Morgan fingerprint density at radius 3 is 2.57 bits per heavy atom. The van der Waals surface area contributed by atoms with Gasteiger partial charge in [-0.2, -0.15) is 0 Å². The van der Waals surface area contributed by atoms with Crippen LogP contribution in [0, 0.1) is 0 Å². The van der Waals surface area contributed by atoms with Crippen molar-refractivity contribution in [1.82, 2.24) is 4.90 Å². The largest absolute Gasteiger partial charge is 0.492 e. The summed E-state index contributed by atoms with van der Waals surface area (Å²) in [7, 11) is -1.63. The minimum atomic E-state index is -3.34. The number of carbonyl (C=O) groups excluding carboxylic acids is 1. The summed E-state index contributed by atoms with van der Waals surface area (Å²) in [6, 6.07) is 12.1. The second-order valence-electron chi connectivity index (χ2n) is 6.98. The number of hydrogen-bond donors (Lipinski definition) is 0. The molecule has 28 heavy (non-hydrogen) atoms. The molecule has 3 rings (SSSR count). The van der Waals surface area contributed by atoms with Crippen molar-refractivity contribution in [3.63, 3.8) is 0 Å². The topological polar surface area (TPSA) is 66.9 Å². The minimum Gasteiger partial charge on any atom is -0.492 e. The lowest BCUT2D eigenvalue weighted by atomic mass is 10.1. The van der Waals surface area contributed by atoms with Gasteiger partial charge in [-0.3, -0.25) is 9.10 Å². The van der Waals surface area contributed by atoms with Crippen molar-refractivity contribution in [3.8, 4) is 5.75 Å². The molecule has 2 aromatic carbocycles. The van der Waals surface area contributed by atoms with E-state index in [0.717, 1.165) is 5.56 Å². The number of ether oxygens (including phenoxy) is 1. The van der Waals surface area contributed by atoms with E-state index in [1.807, 2.05) is 6.92 Å². The molecule has 0 radical (unpaired) electrons. The van der Waals surface area contributed by atoms with Crippen LogP contribution < -0.4 is 9.04 Å². The van der Waals surface area contributed by atoms with Gasteiger partial charge in [-0.1, -0.05) is 11.6 Å². The fraction of sp³-hybridized carbons (Fsp3) is 0.350. The second kappa shape index (κ2) is 8.01. The fourth-order valence-corrected chi connectivity index (χ4v) is 4.78. The molecule has 1 atom stereocenters. The first kappa shape index (κ1) is 20.5. The highest BCUT2D eigenvalue weighted by Gasteiger charge is 2.33. The van der Waals surface area contributed by atoms with Gasteiger partial charge in [0.15, 0.2) is 0 Å². The normalized spacial score (nSPS) is 16.0. The smallest absolute Gasteiger partial charge is 0.253 e. The second-order valence-corrected chi connectivity index (χ2v) is 9.28. The summed E-state index contributed by atoms with van der Waals surface area (Å²) in [4.78, 5) is 14.3. The van der Waals surface area contributed by atoms with Gasteiger partial charge >= 0.3 is 0 Å². The number of nitrogens with zero attached hydrogens (tertiary/aromatic N) is 2. The van der Waals surface area contributed by atoms with Crippen LogP contribution in [0.3, 0.4) is 0 Å². The molecule has 1 unspecified atom stereocenters. The average Bonchev–Trinajstić information content (AvgIpc) is 2.97. The van der Waals surface area contributed by atoms with Gasteiger partial charge in [-0.25, -0.2) is 8.42 Å². The summed E-state index contributed by atoms with van der Waals surface area (Å²) in [5, 5.41) is 0.639. The zero-order valence-corrected chi connectivity index (χ0v) is 17.6. The lowest BCUT2D eigenvalue weighted by Gasteiger charge is -2.22. The molecule has 0 saturated heterocycles. The van der Waals surface area contributed by atoms with Crippen LogP contribution in [0.5, 0.6) is 5.75 Å². The number of fused-ring (bicyclic) bond motifs is 1. The fourth-order valence-electron chi connectivity index (χ4n) is 3.39. The third-order valence-corrected chi connectivity index (χ3v) is 6.22. The van der Waals surface area contributed by atoms with Crippen LogP contribution >= 0.6 is 11.6 Å². The van der Waals surface area contributed by atoms with Crippen LogP contribution in [0.2, 0.25) is 5.02 Å². The van der Waals surface area contributed by atoms with Crippen molar-refractivity contribution in [3.05, 3.63) is 58.6 Å². The first-order valence-corrected chi connectivity index (χ1v) is 11.2. The number of halogens is 1. The van der Waals surface area contributed by atoms with Gasteiger partial charge in [0.25, 0.3) is 5.91 Å². The SMILES string of the molecule is CC1Cc2cc(C(=O)N(C)CCOc3ccc(Cl)cc3)ccc2N1S(C)(=O)=O. The van der Waals surface area contributed by atoms with Crippen molar-refractivity contribution < 1.29 is 17.9 Å². The highest BCUT2D eigenvalue weighted by molar-refractivity contribution is 7.92. The van der Waals surface area contributed by atoms with Crippen LogP contribution in [0.15, 0.2) is 42.5 Å². The minimum absolute atomic E-state index is 0.132. The number of rotatable bonds is 6. The van der Waals surface area contributed by atoms with E-state index in [1.165, 1.54) is 10.6 Å². The van der Waals surface area contributed by atoms with Crippen molar-refractivity contribution in [2.24, 2.45) is 0 Å². The van der Waals surface area contributed by atoms with Gasteiger partial charge in [0, 0.05) is 23.7 Å². The Morgan fingerprint density at radius 2 is 1.93 bits per heavy atom. The molecule has 0 spiro atoms. The monoisotopic (exact) mass is 422 g/mol. The Kier molecular flexibility index (Phi) is 5.86. The number of sulfonamides is 1. The molecule has 0 fully saturated rings. The molecule has 0 aromatic heterocycles. The van der Waals surface area contributed by atoms with Crippen LogP contribution in [-0.2, 0) is 16.4 Å². The van der Waals surface area contributed by atoms with E-state index < -0.39 is 10.0 Å². The molecule has 0 bridgehead atoms. The molecule has 150 valence electrons. The molecule has 1 heterocycles. The first-order valence-electron chi connectivity index (χ1n) is 8.93. The molecule has 0 aliphatic carbocycles. The van der Waals surface area contributed by atoms with Crippen molar-refractivity contribution in [2.45, 2.75) is 19.4 Å². The number of carbonyl (C=O) groups is 1. The van der Waals surface area contributed by atoms with Gasteiger partial charge in [-0.05, 0) is 61.4 Å². The number of amides is 1. The predicted octanol–water partition coefficient (Wildman–Crippen LogP) is 3.20. The maximum Gasteiger partial charge on any atom is 0.253 e. The summed E-state index contributed by atoms with van der Waals surface area (Å²) in [6.45, 7) is 2.64. The Bertz CT molecular complexity index is 976. The zero-order valence-electron chi connectivity index (χ0n) is 16.1. The molecule has 1 aliphatic heterocycles. The van der Waals surface area contributed by atoms with E-state index in [9.17, 15) is 13.2 Å². The summed E-state index contributed by atoms with van der Waals surface area (Å²) in [5.74, 6) is 0.561. The molecule has 0 saturated carbocycles. The maximum absolute atomic E-state index is 12.7. The molecular weight excluding hydrogens is 400 g/mol. The summed E-state index contributed by atoms with van der Waals surface area (Å²) in [6.07, 6.45) is 1.79. The third kappa shape index (κ3) is 4.42. The van der Waals surface area contributed by atoms with Gasteiger partial charge in [0.2, 0.25) is 10.0 Å². The van der Waals surface area contributed by atoms with Gasteiger partial charge in [0.05, 0.1) is 18.5 Å². The van der Waals surface area contributed by atoms with Gasteiger partial charge in [-0.15, -0.1) is 0 Å². The first-order chi connectivity index (χ1) is 13.2. The Balaban J connectivity index is 1.64. The van der Waals surface area contributed by atoms with Crippen molar-refractivity contribution in [1.29, 1.82) is 0 Å². The molecule has 0 N–H and O–H groups in total. The third-order valence-electron chi connectivity index (χ3n) is 4.69. The summed E-state index contributed by atoms with van der Waals surface area (Å²) >= 11 is 5.84. The molecule has 6 nitrogen and oxygen atoms in total.